The maximum Gasteiger partial charge on any atom is 0.416 e. The van der Waals surface area contributed by atoms with Crippen molar-refractivity contribution in [3.05, 3.63) is 50.0 Å². The molecule has 0 aliphatic heterocycles. The molecule has 122 valence electrons. The molecule has 1 N–H and O–H groups in total. The van der Waals surface area contributed by atoms with Crippen LogP contribution in [0.4, 0.5) is 24.5 Å². The van der Waals surface area contributed by atoms with Crippen molar-refractivity contribution < 1.29 is 18.1 Å². The van der Waals surface area contributed by atoms with E-state index in [0.717, 1.165) is 22.7 Å². The first-order chi connectivity index (χ1) is 10.7. The van der Waals surface area contributed by atoms with Gasteiger partial charge in [-0.2, -0.15) is 18.3 Å². The van der Waals surface area contributed by atoms with Crippen LogP contribution in [0.5, 0.6) is 0 Å². The van der Waals surface area contributed by atoms with Gasteiger partial charge >= 0.3 is 6.18 Å². The Morgan fingerprint density at radius 2 is 2.13 bits per heavy atom. The van der Waals surface area contributed by atoms with Crippen molar-refractivity contribution in [1.29, 1.82) is 0 Å². The number of alkyl halides is 3. The molecule has 23 heavy (non-hydrogen) atoms. The fourth-order valence-corrected chi connectivity index (χ4v) is 2.55. The third kappa shape index (κ3) is 3.83. The molecule has 2 aromatic rings. The first kappa shape index (κ1) is 16.9. The fraction of sp³-hybridized carbons (Fsp3) is 0.231. The average Bonchev–Trinajstić information content (AvgIpc) is 2.89. The highest BCUT2D eigenvalue weighted by molar-refractivity contribution is 7.12. The number of thiazole rings is 1. The molecule has 0 amide bonds. The largest absolute Gasteiger partial charge is 0.416 e. The summed E-state index contributed by atoms with van der Waals surface area (Å²) in [5.41, 5.74) is 3.45. The molecule has 0 saturated heterocycles. The standard InChI is InChI=1S/C13H11F3N4O2S/c1-7-12(23-6-17-7)8(2)18-19-10-4-3-9(13(14,15)16)5-11(10)20(21)22/h3-6,19H,1-2H3/b18-8+. The summed E-state index contributed by atoms with van der Waals surface area (Å²) in [6, 6.07) is 2.22. The second-order valence-corrected chi connectivity index (χ2v) is 5.42. The van der Waals surface area contributed by atoms with E-state index in [2.05, 4.69) is 15.5 Å². The molecular weight excluding hydrogens is 333 g/mol. The zero-order chi connectivity index (χ0) is 17.2. The Bertz CT molecular complexity index is 771. The van der Waals surface area contributed by atoms with Crippen LogP contribution in [0.3, 0.4) is 0 Å². The Morgan fingerprint density at radius 1 is 1.43 bits per heavy atom. The lowest BCUT2D eigenvalue weighted by molar-refractivity contribution is -0.384. The van der Waals surface area contributed by atoms with Crippen molar-refractivity contribution in [2.24, 2.45) is 5.10 Å². The van der Waals surface area contributed by atoms with Crippen LogP contribution in [-0.4, -0.2) is 15.6 Å². The maximum atomic E-state index is 12.6. The van der Waals surface area contributed by atoms with Gasteiger partial charge in [0.1, 0.15) is 5.69 Å². The third-order valence-corrected chi connectivity index (χ3v) is 3.98. The number of benzene rings is 1. The minimum absolute atomic E-state index is 0.121. The molecule has 0 unspecified atom stereocenters. The smallest absolute Gasteiger partial charge is 0.271 e. The third-order valence-electron chi connectivity index (χ3n) is 2.94. The van der Waals surface area contributed by atoms with Crippen molar-refractivity contribution in [2.45, 2.75) is 20.0 Å². The summed E-state index contributed by atoms with van der Waals surface area (Å²) in [6.07, 6.45) is -4.65. The predicted molar refractivity (Wildman–Crippen MR) is 80.8 cm³/mol. The van der Waals surface area contributed by atoms with Gasteiger partial charge in [0, 0.05) is 6.07 Å². The van der Waals surface area contributed by atoms with Crippen LogP contribution >= 0.6 is 11.3 Å². The highest BCUT2D eigenvalue weighted by Crippen LogP contribution is 2.35. The highest BCUT2D eigenvalue weighted by atomic mass is 32.1. The van der Waals surface area contributed by atoms with Gasteiger partial charge in [-0.1, -0.05) is 0 Å². The van der Waals surface area contributed by atoms with Gasteiger partial charge in [0.15, 0.2) is 0 Å². The molecule has 0 radical (unpaired) electrons. The number of halogens is 3. The first-order valence-electron chi connectivity index (χ1n) is 6.26. The van der Waals surface area contributed by atoms with E-state index in [0.29, 0.717) is 11.8 Å². The van der Waals surface area contributed by atoms with Crippen molar-refractivity contribution in [3.63, 3.8) is 0 Å². The number of hydrazone groups is 1. The summed E-state index contributed by atoms with van der Waals surface area (Å²) in [5, 5.41) is 15.0. The van der Waals surface area contributed by atoms with Crippen LogP contribution in [0, 0.1) is 17.0 Å². The van der Waals surface area contributed by atoms with Crippen LogP contribution in [0.25, 0.3) is 0 Å². The summed E-state index contributed by atoms with van der Waals surface area (Å²) in [6.45, 7) is 3.45. The Labute approximate surface area is 132 Å². The Kier molecular flexibility index (Phi) is 4.64. The molecule has 0 fully saturated rings. The van der Waals surface area contributed by atoms with Gasteiger partial charge in [-0.3, -0.25) is 15.5 Å². The van der Waals surface area contributed by atoms with Gasteiger partial charge < -0.3 is 0 Å². The van der Waals surface area contributed by atoms with Gasteiger partial charge in [-0.25, -0.2) is 4.98 Å². The Balaban J connectivity index is 2.33. The average molecular weight is 344 g/mol. The van der Waals surface area contributed by atoms with E-state index < -0.39 is 22.4 Å². The molecule has 6 nitrogen and oxygen atoms in total. The van der Waals surface area contributed by atoms with E-state index in [1.54, 1.807) is 19.4 Å². The summed E-state index contributed by atoms with van der Waals surface area (Å²) in [4.78, 5) is 14.9. The number of nitro benzene ring substituents is 1. The van der Waals surface area contributed by atoms with E-state index in [1.165, 1.54) is 11.3 Å². The van der Waals surface area contributed by atoms with E-state index in [-0.39, 0.29) is 5.69 Å². The van der Waals surface area contributed by atoms with Crippen LogP contribution in [0.2, 0.25) is 0 Å². The Morgan fingerprint density at radius 3 is 2.65 bits per heavy atom. The number of nitrogens with one attached hydrogen (secondary N) is 1. The summed E-state index contributed by atoms with van der Waals surface area (Å²) in [5.74, 6) is 0. The van der Waals surface area contributed by atoms with Gasteiger partial charge in [0.2, 0.25) is 0 Å². The molecule has 1 aromatic carbocycles. The van der Waals surface area contributed by atoms with Gasteiger partial charge in [0.25, 0.3) is 5.69 Å². The predicted octanol–water partition coefficient (Wildman–Crippen LogP) is 4.21. The number of hydrogen-bond acceptors (Lipinski definition) is 6. The highest BCUT2D eigenvalue weighted by Gasteiger charge is 2.33. The van der Waals surface area contributed by atoms with Gasteiger partial charge in [-0.15, -0.1) is 11.3 Å². The lowest BCUT2D eigenvalue weighted by Gasteiger charge is -2.08. The number of aryl methyl sites for hydroxylation is 1. The van der Waals surface area contributed by atoms with Crippen LogP contribution in [0.1, 0.15) is 23.1 Å². The molecule has 0 aliphatic carbocycles. The summed E-state index contributed by atoms with van der Waals surface area (Å²) in [7, 11) is 0. The second-order valence-electron chi connectivity index (χ2n) is 4.56. The van der Waals surface area contributed by atoms with Crippen molar-refractivity contribution in [2.75, 3.05) is 5.43 Å². The molecule has 0 bridgehead atoms. The monoisotopic (exact) mass is 344 g/mol. The van der Waals surface area contributed by atoms with Crippen molar-refractivity contribution in [1.82, 2.24) is 4.98 Å². The molecule has 1 aromatic heterocycles. The molecule has 10 heteroatoms. The van der Waals surface area contributed by atoms with Crippen molar-refractivity contribution in [3.8, 4) is 0 Å². The minimum atomic E-state index is -4.65. The molecule has 2 rings (SSSR count). The molecule has 0 atom stereocenters. The SMILES string of the molecule is C/C(=N\Nc1ccc(C(F)(F)F)cc1[N+](=O)[O-])c1scnc1C. The molecular formula is C13H11F3N4O2S. The van der Waals surface area contributed by atoms with Crippen LogP contribution in [-0.2, 0) is 6.18 Å². The number of rotatable bonds is 4. The molecule has 0 aliphatic rings. The van der Waals surface area contributed by atoms with Crippen LogP contribution < -0.4 is 5.43 Å². The van der Waals surface area contributed by atoms with E-state index in [4.69, 9.17) is 0 Å². The number of aromatic nitrogens is 1. The zero-order valence-corrected chi connectivity index (χ0v) is 12.8. The first-order valence-corrected chi connectivity index (χ1v) is 7.14. The van der Waals surface area contributed by atoms with Gasteiger partial charge in [-0.05, 0) is 26.0 Å². The van der Waals surface area contributed by atoms with Gasteiger partial charge in [0.05, 0.1) is 32.3 Å². The Hall–Kier alpha value is -2.49. The summed E-state index contributed by atoms with van der Waals surface area (Å²) >= 11 is 1.34. The minimum Gasteiger partial charge on any atom is -0.271 e. The number of hydrogen-bond donors (Lipinski definition) is 1. The maximum absolute atomic E-state index is 12.6. The lowest BCUT2D eigenvalue weighted by atomic mass is 10.1. The van der Waals surface area contributed by atoms with Crippen LogP contribution in [0.15, 0.2) is 28.8 Å². The lowest BCUT2D eigenvalue weighted by Crippen LogP contribution is -2.07. The number of nitrogens with zero attached hydrogens (tertiary/aromatic N) is 3. The molecule has 0 spiro atoms. The fourth-order valence-electron chi connectivity index (χ4n) is 1.80. The van der Waals surface area contributed by atoms with Crippen molar-refractivity contribution >= 4 is 28.4 Å². The van der Waals surface area contributed by atoms with E-state index >= 15 is 0 Å². The topological polar surface area (TPSA) is 80.4 Å². The molecule has 1 heterocycles. The molecule has 0 saturated carbocycles. The number of anilines is 1. The number of nitro groups is 1. The second kappa shape index (κ2) is 6.32. The van der Waals surface area contributed by atoms with E-state index in [1.807, 2.05) is 0 Å². The van der Waals surface area contributed by atoms with E-state index in [9.17, 15) is 23.3 Å². The quantitative estimate of drug-likeness (QED) is 0.512. The summed E-state index contributed by atoms with van der Waals surface area (Å²) < 4.78 is 37.9. The zero-order valence-electron chi connectivity index (χ0n) is 12.0. The normalized spacial score (nSPS) is 12.3.